The molecule has 0 radical (unpaired) electrons. The number of nitrogens with zero attached hydrogens (tertiary/aromatic N) is 2. The maximum Gasteiger partial charge on any atom is 0.113 e. The lowest BCUT2D eigenvalue weighted by atomic mass is 10.1. The lowest BCUT2D eigenvalue weighted by molar-refractivity contribution is 0.726. The number of rotatable bonds is 5. The minimum Gasteiger partial charge on any atom is -0.341 e. The summed E-state index contributed by atoms with van der Waals surface area (Å²) in [6.45, 7) is 9.13. The Kier molecular flexibility index (Phi) is 4.08. The SMILES string of the molecule is CCNCc1ccc2ccn(Cc3nc(C)c(C)s3)c2c1. The summed E-state index contributed by atoms with van der Waals surface area (Å²) in [6.07, 6.45) is 2.16. The van der Waals surface area contributed by atoms with Crippen molar-refractivity contribution in [1.82, 2.24) is 14.9 Å². The van der Waals surface area contributed by atoms with E-state index in [4.69, 9.17) is 0 Å². The van der Waals surface area contributed by atoms with E-state index in [1.54, 1.807) is 11.3 Å². The zero-order valence-electron chi connectivity index (χ0n) is 12.8. The third-order valence-corrected chi connectivity index (χ3v) is 4.85. The molecule has 0 bridgehead atoms. The van der Waals surface area contributed by atoms with Crippen LogP contribution in [0.2, 0.25) is 0 Å². The van der Waals surface area contributed by atoms with Gasteiger partial charge in [0.15, 0.2) is 0 Å². The second kappa shape index (κ2) is 6.00. The van der Waals surface area contributed by atoms with E-state index in [2.05, 4.69) is 66.1 Å². The Bertz CT molecular complexity index is 735. The molecule has 1 N–H and O–H groups in total. The number of fused-ring (bicyclic) bond motifs is 1. The van der Waals surface area contributed by atoms with Crippen molar-refractivity contribution >= 4 is 22.2 Å². The second-order valence-corrected chi connectivity index (χ2v) is 6.65. The van der Waals surface area contributed by atoms with Gasteiger partial charge in [0.1, 0.15) is 5.01 Å². The summed E-state index contributed by atoms with van der Waals surface area (Å²) in [4.78, 5) is 5.96. The minimum atomic E-state index is 0.855. The lowest BCUT2D eigenvalue weighted by Gasteiger charge is -2.06. The van der Waals surface area contributed by atoms with Crippen molar-refractivity contribution in [1.29, 1.82) is 0 Å². The normalized spacial score (nSPS) is 11.4. The summed E-state index contributed by atoms with van der Waals surface area (Å²) >= 11 is 1.79. The van der Waals surface area contributed by atoms with Gasteiger partial charge in [0.2, 0.25) is 0 Å². The molecule has 4 heteroatoms. The molecule has 110 valence electrons. The van der Waals surface area contributed by atoms with E-state index in [0.29, 0.717) is 0 Å². The first-order valence-corrected chi connectivity index (χ1v) is 8.20. The highest BCUT2D eigenvalue weighted by Crippen LogP contribution is 2.22. The van der Waals surface area contributed by atoms with Gasteiger partial charge in [0, 0.05) is 23.1 Å². The molecule has 0 saturated heterocycles. The predicted molar refractivity (Wildman–Crippen MR) is 90.0 cm³/mol. The molecule has 3 nitrogen and oxygen atoms in total. The summed E-state index contributed by atoms with van der Waals surface area (Å²) in [5.41, 5.74) is 3.77. The van der Waals surface area contributed by atoms with Crippen molar-refractivity contribution in [3.05, 3.63) is 51.6 Å². The molecule has 2 heterocycles. The molecule has 3 aromatic rings. The lowest BCUT2D eigenvalue weighted by Crippen LogP contribution is -2.11. The summed E-state index contributed by atoms with van der Waals surface area (Å²) in [7, 11) is 0. The molecule has 0 aliphatic carbocycles. The highest BCUT2D eigenvalue weighted by atomic mass is 32.1. The molecule has 0 amide bonds. The molecular formula is C17H21N3S. The number of nitrogens with one attached hydrogen (secondary N) is 1. The maximum absolute atomic E-state index is 4.65. The van der Waals surface area contributed by atoms with Crippen LogP contribution in [0.5, 0.6) is 0 Å². The van der Waals surface area contributed by atoms with Crippen molar-refractivity contribution in [3.63, 3.8) is 0 Å². The number of aromatic nitrogens is 2. The fourth-order valence-corrected chi connectivity index (χ4v) is 3.43. The molecule has 0 saturated carbocycles. The minimum absolute atomic E-state index is 0.855. The highest BCUT2D eigenvalue weighted by molar-refractivity contribution is 7.11. The van der Waals surface area contributed by atoms with Gasteiger partial charge in [-0.2, -0.15) is 0 Å². The fourth-order valence-electron chi connectivity index (χ4n) is 2.50. The van der Waals surface area contributed by atoms with Crippen molar-refractivity contribution < 1.29 is 0 Å². The number of aryl methyl sites for hydroxylation is 2. The van der Waals surface area contributed by atoms with Crippen molar-refractivity contribution in [2.75, 3.05) is 6.54 Å². The van der Waals surface area contributed by atoms with E-state index in [1.165, 1.54) is 26.4 Å². The highest BCUT2D eigenvalue weighted by Gasteiger charge is 2.07. The molecule has 0 unspecified atom stereocenters. The Morgan fingerprint density at radius 3 is 2.81 bits per heavy atom. The van der Waals surface area contributed by atoms with Crippen LogP contribution in [0.3, 0.4) is 0 Å². The van der Waals surface area contributed by atoms with Gasteiger partial charge in [-0.1, -0.05) is 19.1 Å². The third-order valence-electron chi connectivity index (χ3n) is 3.80. The summed E-state index contributed by atoms with van der Waals surface area (Å²) in [6, 6.07) is 8.87. The van der Waals surface area contributed by atoms with Crippen LogP contribution in [0, 0.1) is 13.8 Å². The first kappa shape index (κ1) is 14.3. The van der Waals surface area contributed by atoms with Gasteiger partial charge in [0.05, 0.1) is 12.2 Å². The van der Waals surface area contributed by atoms with Crippen LogP contribution in [0.25, 0.3) is 10.9 Å². The van der Waals surface area contributed by atoms with E-state index in [0.717, 1.165) is 25.3 Å². The van der Waals surface area contributed by atoms with Crippen molar-refractivity contribution in [2.24, 2.45) is 0 Å². The van der Waals surface area contributed by atoms with Crippen LogP contribution in [0.1, 0.15) is 28.1 Å². The quantitative estimate of drug-likeness (QED) is 0.775. The van der Waals surface area contributed by atoms with Crippen LogP contribution < -0.4 is 5.32 Å². The van der Waals surface area contributed by atoms with Gasteiger partial charge in [-0.05, 0) is 43.5 Å². The number of thiazole rings is 1. The van der Waals surface area contributed by atoms with Crippen LogP contribution >= 0.6 is 11.3 Å². The maximum atomic E-state index is 4.65. The van der Waals surface area contributed by atoms with Crippen LogP contribution in [-0.4, -0.2) is 16.1 Å². The molecule has 0 atom stereocenters. The van der Waals surface area contributed by atoms with E-state index in [-0.39, 0.29) is 0 Å². The average molecular weight is 299 g/mol. The average Bonchev–Trinajstić information content (AvgIpc) is 3.01. The predicted octanol–water partition coefficient (Wildman–Crippen LogP) is 3.87. The number of benzene rings is 1. The van der Waals surface area contributed by atoms with E-state index < -0.39 is 0 Å². The molecule has 1 aromatic carbocycles. The Balaban J connectivity index is 1.90. The first-order chi connectivity index (χ1) is 10.2. The van der Waals surface area contributed by atoms with Gasteiger partial charge in [0.25, 0.3) is 0 Å². The second-order valence-electron chi connectivity index (χ2n) is 5.37. The zero-order chi connectivity index (χ0) is 14.8. The number of hydrogen-bond donors (Lipinski definition) is 1. The molecule has 0 aliphatic rings. The Morgan fingerprint density at radius 1 is 1.24 bits per heavy atom. The molecule has 3 rings (SSSR count). The monoisotopic (exact) mass is 299 g/mol. The van der Waals surface area contributed by atoms with Gasteiger partial charge in [-0.25, -0.2) is 4.98 Å². The van der Waals surface area contributed by atoms with Crippen molar-refractivity contribution in [2.45, 2.75) is 33.9 Å². The molecule has 0 aliphatic heterocycles. The smallest absolute Gasteiger partial charge is 0.113 e. The van der Waals surface area contributed by atoms with Crippen LogP contribution in [0.15, 0.2) is 30.5 Å². The van der Waals surface area contributed by atoms with E-state index >= 15 is 0 Å². The Morgan fingerprint density at radius 2 is 2.10 bits per heavy atom. The van der Waals surface area contributed by atoms with Crippen LogP contribution in [0.4, 0.5) is 0 Å². The van der Waals surface area contributed by atoms with E-state index in [9.17, 15) is 0 Å². The molecule has 2 aromatic heterocycles. The third kappa shape index (κ3) is 3.01. The number of hydrogen-bond acceptors (Lipinski definition) is 3. The standard InChI is InChI=1S/C17H21N3S/c1-4-18-10-14-5-6-15-7-8-20(16(15)9-14)11-17-19-12(2)13(3)21-17/h5-9,18H,4,10-11H2,1-3H3. The Hall–Kier alpha value is -1.65. The molecular weight excluding hydrogens is 278 g/mol. The topological polar surface area (TPSA) is 29.9 Å². The summed E-state index contributed by atoms with van der Waals surface area (Å²) in [5.74, 6) is 0. The van der Waals surface area contributed by atoms with E-state index in [1.807, 2.05) is 0 Å². The fraction of sp³-hybridized carbons (Fsp3) is 0.353. The largest absolute Gasteiger partial charge is 0.341 e. The van der Waals surface area contributed by atoms with Gasteiger partial charge >= 0.3 is 0 Å². The molecule has 21 heavy (non-hydrogen) atoms. The van der Waals surface area contributed by atoms with Gasteiger partial charge < -0.3 is 9.88 Å². The summed E-state index contributed by atoms with van der Waals surface area (Å²) < 4.78 is 2.29. The van der Waals surface area contributed by atoms with Crippen molar-refractivity contribution in [3.8, 4) is 0 Å². The van der Waals surface area contributed by atoms with Gasteiger partial charge in [-0.15, -0.1) is 11.3 Å². The van der Waals surface area contributed by atoms with Crippen LogP contribution in [-0.2, 0) is 13.1 Å². The Labute approximate surface area is 129 Å². The first-order valence-electron chi connectivity index (χ1n) is 7.38. The zero-order valence-corrected chi connectivity index (χ0v) is 13.6. The summed E-state index contributed by atoms with van der Waals surface area (Å²) in [5, 5.41) is 5.85. The molecule has 0 spiro atoms. The molecule has 0 fully saturated rings. The van der Waals surface area contributed by atoms with Gasteiger partial charge in [-0.3, -0.25) is 0 Å².